The summed E-state index contributed by atoms with van der Waals surface area (Å²) in [5, 5.41) is 19.0. The van der Waals surface area contributed by atoms with Gasteiger partial charge in [0, 0.05) is 19.4 Å². The maximum absolute atomic E-state index is 14.0. The van der Waals surface area contributed by atoms with Crippen LogP contribution in [0.15, 0.2) is 48.6 Å². The molecule has 1 aromatic carbocycles. The van der Waals surface area contributed by atoms with Crippen molar-refractivity contribution in [2.24, 2.45) is 0 Å². The molecule has 0 radical (unpaired) electrons. The fourth-order valence-electron chi connectivity index (χ4n) is 3.00. The molecule has 7 heteroatoms. The van der Waals surface area contributed by atoms with Crippen LogP contribution in [-0.2, 0) is 11.2 Å². The Hall–Kier alpha value is -2.98. The number of amides is 1. The summed E-state index contributed by atoms with van der Waals surface area (Å²) in [5.74, 6) is -0.309. The summed E-state index contributed by atoms with van der Waals surface area (Å²) < 4.78 is 27.9. The summed E-state index contributed by atoms with van der Waals surface area (Å²) in [6.45, 7) is 5.43. The van der Waals surface area contributed by atoms with Gasteiger partial charge < -0.3 is 15.1 Å². The minimum Gasteiger partial charge on any atom is -0.478 e. The first-order valence-corrected chi connectivity index (χ1v) is 9.10. The lowest BCUT2D eigenvalue weighted by molar-refractivity contribution is -0.148. The highest BCUT2D eigenvalue weighted by atomic mass is 19.3. The third kappa shape index (κ3) is 5.75. The highest BCUT2D eigenvalue weighted by molar-refractivity contribution is 5.87. The first kappa shape index (κ1) is 22.3. The second kappa shape index (κ2) is 9.48. The predicted octanol–water partition coefficient (Wildman–Crippen LogP) is 3.05. The number of aliphatic hydroxyl groups excluding tert-OH is 1. The van der Waals surface area contributed by atoms with E-state index in [2.05, 4.69) is 18.4 Å². The van der Waals surface area contributed by atoms with Crippen molar-refractivity contribution < 1.29 is 28.6 Å². The van der Waals surface area contributed by atoms with E-state index in [0.717, 1.165) is 10.5 Å². The van der Waals surface area contributed by atoms with Gasteiger partial charge in [0.2, 0.25) is 0 Å². The zero-order chi connectivity index (χ0) is 21.6. The van der Waals surface area contributed by atoms with E-state index >= 15 is 0 Å². The van der Waals surface area contributed by atoms with Gasteiger partial charge in [-0.3, -0.25) is 4.79 Å². The van der Waals surface area contributed by atoms with E-state index in [1.807, 2.05) is 0 Å². The van der Waals surface area contributed by atoms with Crippen molar-refractivity contribution in [3.05, 3.63) is 59.7 Å². The molecule has 0 spiro atoms. The van der Waals surface area contributed by atoms with Crippen molar-refractivity contribution in [3.8, 4) is 11.8 Å². The third-order valence-electron chi connectivity index (χ3n) is 4.71. The van der Waals surface area contributed by atoms with Crippen LogP contribution in [0.5, 0.6) is 0 Å². The minimum atomic E-state index is -3.46. The molecule has 0 aromatic heterocycles. The average molecular weight is 403 g/mol. The Bertz CT molecular complexity index is 865. The standard InChI is InChI=1S/C22H23F2NO4/c1-3-4-5-15(2)19(26)11-10-18-14-22(23,24)21(29)25(18)13-12-16-6-8-17(9-7-16)20(27)28/h6-11,18-19,26H,2,5,12-14H2,1H3,(H,27,28)/b11-10+/t18-,19+/m0/s1. The van der Waals surface area contributed by atoms with Crippen LogP contribution < -0.4 is 0 Å². The first-order chi connectivity index (χ1) is 13.7. The first-order valence-electron chi connectivity index (χ1n) is 9.10. The molecular weight excluding hydrogens is 380 g/mol. The van der Waals surface area contributed by atoms with E-state index in [-0.39, 0.29) is 18.5 Å². The summed E-state index contributed by atoms with van der Waals surface area (Å²) in [6, 6.07) is 5.19. The van der Waals surface area contributed by atoms with Crippen molar-refractivity contribution in [2.45, 2.75) is 44.3 Å². The molecule has 1 saturated heterocycles. The number of carboxylic acids is 1. The number of carbonyl (C=O) groups is 2. The van der Waals surface area contributed by atoms with Gasteiger partial charge in [0.1, 0.15) is 0 Å². The molecule has 0 aliphatic carbocycles. The molecule has 1 aromatic rings. The van der Waals surface area contributed by atoms with Gasteiger partial charge in [0.05, 0.1) is 17.7 Å². The van der Waals surface area contributed by atoms with Gasteiger partial charge >= 0.3 is 11.9 Å². The maximum atomic E-state index is 14.0. The topological polar surface area (TPSA) is 77.8 Å². The number of carbonyl (C=O) groups excluding carboxylic acids is 1. The molecule has 0 unspecified atom stereocenters. The summed E-state index contributed by atoms with van der Waals surface area (Å²) >= 11 is 0. The number of carboxylic acid groups (broad SMARTS) is 1. The molecule has 154 valence electrons. The minimum absolute atomic E-state index is 0.0498. The molecule has 1 aliphatic heterocycles. The Morgan fingerprint density at radius 2 is 2.07 bits per heavy atom. The molecule has 5 nitrogen and oxygen atoms in total. The lowest BCUT2D eigenvalue weighted by atomic mass is 10.1. The number of halogens is 2. The number of benzene rings is 1. The van der Waals surface area contributed by atoms with Gasteiger partial charge in [-0.05, 0) is 36.6 Å². The lowest BCUT2D eigenvalue weighted by Gasteiger charge is -2.22. The normalized spacial score (nSPS) is 19.1. The van der Waals surface area contributed by atoms with Crippen LogP contribution in [0.1, 0.15) is 35.7 Å². The number of hydrogen-bond donors (Lipinski definition) is 2. The number of nitrogens with zero attached hydrogens (tertiary/aromatic N) is 1. The molecule has 0 saturated carbocycles. The lowest BCUT2D eigenvalue weighted by Crippen LogP contribution is -2.37. The molecule has 2 atom stereocenters. The van der Waals surface area contributed by atoms with E-state index in [4.69, 9.17) is 5.11 Å². The largest absolute Gasteiger partial charge is 0.478 e. The maximum Gasteiger partial charge on any atom is 0.335 e. The van der Waals surface area contributed by atoms with Gasteiger partial charge in [0.15, 0.2) is 0 Å². The SMILES string of the molecule is C=C(CC#CC)[C@H](O)/C=C/[C@H]1CC(F)(F)C(=O)N1CCc1ccc(C(=O)O)cc1. The summed E-state index contributed by atoms with van der Waals surface area (Å²) in [4.78, 5) is 24.1. The summed E-state index contributed by atoms with van der Waals surface area (Å²) in [5.41, 5.74) is 1.30. The monoisotopic (exact) mass is 403 g/mol. The fourth-order valence-corrected chi connectivity index (χ4v) is 3.00. The number of hydrogen-bond acceptors (Lipinski definition) is 3. The van der Waals surface area contributed by atoms with Gasteiger partial charge in [-0.25, -0.2) is 4.79 Å². The predicted molar refractivity (Wildman–Crippen MR) is 105 cm³/mol. The second-order valence-electron chi connectivity index (χ2n) is 6.82. The molecule has 1 fully saturated rings. The Labute approximate surface area is 168 Å². The second-order valence-corrected chi connectivity index (χ2v) is 6.82. The van der Waals surface area contributed by atoms with Gasteiger partial charge in [0.25, 0.3) is 5.91 Å². The van der Waals surface area contributed by atoms with Crippen molar-refractivity contribution >= 4 is 11.9 Å². The third-order valence-corrected chi connectivity index (χ3v) is 4.71. The van der Waals surface area contributed by atoms with Gasteiger partial charge in [-0.1, -0.05) is 36.8 Å². The Morgan fingerprint density at radius 1 is 1.41 bits per heavy atom. The zero-order valence-electron chi connectivity index (χ0n) is 16.1. The Morgan fingerprint density at radius 3 is 2.66 bits per heavy atom. The van der Waals surface area contributed by atoms with E-state index in [0.29, 0.717) is 12.0 Å². The number of aliphatic hydroxyl groups is 1. The highest BCUT2D eigenvalue weighted by Crippen LogP contribution is 2.34. The van der Waals surface area contributed by atoms with Crippen LogP contribution in [0.3, 0.4) is 0 Å². The number of rotatable bonds is 8. The highest BCUT2D eigenvalue weighted by Gasteiger charge is 2.52. The van der Waals surface area contributed by atoms with Crippen LogP contribution >= 0.6 is 0 Å². The van der Waals surface area contributed by atoms with Gasteiger partial charge in [-0.2, -0.15) is 8.78 Å². The van der Waals surface area contributed by atoms with Crippen molar-refractivity contribution in [1.29, 1.82) is 0 Å². The van der Waals surface area contributed by atoms with Crippen molar-refractivity contribution in [3.63, 3.8) is 0 Å². The van der Waals surface area contributed by atoms with Crippen molar-refractivity contribution in [2.75, 3.05) is 6.54 Å². The molecule has 29 heavy (non-hydrogen) atoms. The zero-order valence-corrected chi connectivity index (χ0v) is 16.1. The molecule has 1 amide bonds. The van der Waals surface area contributed by atoms with Crippen LogP contribution in [0, 0.1) is 11.8 Å². The number of alkyl halides is 2. The van der Waals surface area contributed by atoms with Crippen LogP contribution in [-0.4, -0.2) is 51.6 Å². The summed E-state index contributed by atoms with van der Waals surface area (Å²) in [6.07, 6.45) is 1.65. The molecule has 2 rings (SSSR count). The average Bonchev–Trinajstić information content (AvgIpc) is 2.91. The fraction of sp³-hybridized carbons (Fsp3) is 0.364. The molecule has 1 aliphatic rings. The van der Waals surface area contributed by atoms with Gasteiger partial charge in [-0.15, -0.1) is 5.92 Å². The van der Waals surface area contributed by atoms with E-state index in [9.17, 15) is 23.5 Å². The Balaban J connectivity index is 2.07. The van der Waals surface area contributed by atoms with E-state index in [1.165, 1.54) is 24.3 Å². The number of aromatic carboxylic acids is 1. The molecule has 1 heterocycles. The summed E-state index contributed by atoms with van der Waals surface area (Å²) in [7, 11) is 0. The molecular formula is C22H23F2NO4. The number of likely N-dealkylation sites (tertiary alicyclic amines) is 1. The van der Waals surface area contributed by atoms with E-state index < -0.39 is 36.4 Å². The smallest absolute Gasteiger partial charge is 0.335 e. The molecule has 2 N–H and O–H groups in total. The van der Waals surface area contributed by atoms with Crippen molar-refractivity contribution in [1.82, 2.24) is 4.90 Å². The van der Waals surface area contributed by atoms with E-state index in [1.54, 1.807) is 19.1 Å². The quantitative estimate of drug-likeness (QED) is 0.517. The van der Waals surface area contributed by atoms with Crippen LogP contribution in [0.2, 0.25) is 0 Å². The van der Waals surface area contributed by atoms with Crippen LogP contribution in [0.4, 0.5) is 8.78 Å². The molecule has 0 bridgehead atoms. The Kier molecular flexibility index (Phi) is 7.29. The van der Waals surface area contributed by atoms with Crippen LogP contribution in [0.25, 0.3) is 0 Å².